The Kier molecular flexibility index (Phi) is 4.55. The minimum Gasteiger partial charge on any atom is -0.374 e. The number of pyridine rings is 1. The predicted molar refractivity (Wildman–Crippen MR) is 91.4 cm³/mol. The molecule has 5 nitrogen and oxygen atoms in total. The summed E-state index contributed by atoms with van der Waals surface area (Å²) in [6.07, 6.45) is 3.75. The molecule has 0 aromatic carbocycles. The molecule has 4 rings (SSSR count). The topological polar surface area (TPSA) is 45.7 Å². The minimum absolute atomic E-state index is 0.0211. The van der Waals surface area contributed by atoms with E-state index in [1.807, 2.05) is 30.0 Å². The number of ether oxygens (including phenoxy) is 1. The maximum atomic E-state index is 13.0. The minimum atomic E-state index is 0.0211. The van der Waals surface area contributed by atoms with Crippen molar-refractivity contribution in [2.75, 3.05) is 32.8 Å². The number of rotatable bonds is 4. The van der Waals surface area contributed by atoms with Crippen molar-refractivity contribution < 1.29 is 9.53 Å². The number of carbonyl (C=O) groups is 1. The summed E-state index contributed by atoms with van der Waals surface area (Å²) < 4.78 is 6.08. The molecule has 1 aliphatic carbocycles. The van der Waals surface area contributed by atoms with Crippen molar-refractivity contribution >= 4 is 5.91 Å². The van der Waals surface area contributed by atoms with Gasteiger partial charge in [0.25, 0.3) is 0 Å². The van der Waals surface area contributed by atoms with Crippen molar-refractivity contribution in [2.45, 2.75) is 38.8 Å². The standard InChI is InChI=1S/C19H27N3O2/c1-14-3-2-4-16(20-14)12-22-9-10-24-18-13-21(11-15-5-6-15)8-7-17(18)19(22)23/h2-4,15,17-18H,5-13H2,1H3/t17-,18+/m1/s1. The van der Waals surface area contributed by atoms with E-state index in [1.165, 1.54) is 19.4 Å². The number of carbonyl (C=O) groups excluding carboxylic acids is 1. The van der Waals surface area contributed by atoms with Crippen LogP contribution in [-0.4, -0.2) is 59.6 Å². The summed E-state index contributed by atoms with van der Waals surface area (Å²) in [6.45, 7) is 7.03. The van der Waals surface area contributed by atoms with Crippen LogP contribution < -0.4 is 0 Å². The number of amides is 1. The Labute approximate surface area is 144 Å². The molecule has 0 unspecified atom stereocenters. The number of aromatic nitrogens is 1. The molecule has 0 spiro atoms. The molecule has 2 aliphatic heterocycles. The van der Waals surface area contributed by atoms with E-state index in [0.717, 1.165) is 36.8 Å². The van der Waals surface area contributed by atoms with Crippen LogP contribution in [0.4, 0.5) is 0 Å². The molecule has 1 amide bonds. The fourth-order valence-electron chi connectivity index (χ4n) is 3.96. The third-order valence-electron chi connectivity index (χ3n) is 5.48. The first-order valence-electron chi connectivity index (χ1n) is 9.24. The van der Waals surface area contributed by atoms with Gasteiger partial charge in [-0.2, -0.15) is 0 Å². The Morgan fingerprint density at radius 1 is 1.25 bits per heavy atom. The molecule has 5 heteroatoms. The fraction of sp³-hybridized carbons (Fsp3) is 0.684. The predicted octanol–water partition coefficient (Wildman–Crippen LogP) is 1.85. The number of hydrogen-bond donors (Lipinski definition) is 0. The van der Waals surface area contributed by atoms with Crippen molar-refractivity contribution in [1.29, 1.82) is 0 Å². The molecule has 1 aromatic heterocycles. The van der Waals surface area contributed by atoms with Gasteiger partial charge >= 0.3 is 0 Å². The van der Waals surface area contributed by atoms with Crippen molar-refractivity contribution in [3.63, 3.8) is 0 Å². The Morgan fingerprint density at radius 3 is 2.92 bits per heavy atom. The molecule has 1 aromatic rings. The highest BCUT2D eigenvalue weighted by molar-refractivity contribution is 5.79. The van der Waals surface area contributed by atoms with Crippen LogP contribution in [0.2, 0.25) is 0 Å². The van der Waals surface area contributed by atoms with Gasteiger partial charge in [-0.1, -0.05) is 6.07 Å². The first-order chi connectivity index (χ1) is 11.7. The van der Waals surface area contributed by atoms with Gasteiger partial charge in [-0.15, -0.1) is 0 Å². The zero-order valence-corrected chi connectivity index (χ0v) is 14.5. The molecule has 2 saturated heterocycles. The first-order valence-corrected chi connectivity index (χ1v) is 9.24. The smallest absolute Gasteiger partial charge is 0.228 e. The Hall–Kier alpha value is -1.46. The van der Waals surface area contributed by atoms with E-state index in [9.17, 15) is 4.79 Å². The van der Waals surface area contributed by atoms with Gasteiger partial charge in [0.15, 0.2) is 0 Å². The SMILES string of the molecule is Cc1cccc(CN2CCO[C@H]3CN(CC4CC4)CC[C@H]3C2=O)n1. The molecule has 24 heavy (non-hydrogen) atoms. The van der Waals surface area contributed by atoms with Gasteiger partial charge in [-0.05, 0) is 50.8 Å². The van der Waals surface area contributed by atoms with Crippen LogP contribution in [0.1, 0.15) is 30.7 Å². The largest absolute Gasteiger partial charge is 0.374 e. The van der Waals surface area contributed by atoms with Crippen LogP contribution in [0.25, 0.3) is 0 Å². The van der Waals surface area contributed by atoms with E-state index in [2.05, 4.69) is 9.88 Å². The molecular weight excluding hydrogens is 302 g/mol. The van der Waals surface area contributed by atoms with E-state index in [-0.39, 0.29) is 17.9 Å². The Bertz CT molecular complexity index is 602. The Morgan fingerprint density at radius 2 is 2.12 bits per heavy atom. The van der Waals surface area contributed by atoms with Gasteiger partial charge in [0.05, 0.1) is 30.9 Å². The second-order valence-corrected chi connectivity index (χ2v) is 7.54. The van der Waals surface area contributed by atoms with Crippen molar-refractivity contribution in [2.24, 2.45) is 11.8 Å². The number of aryl methyl sites for hydroxylation is 1. The molecule has 3 fully saturated rings. The van der Waals surface area contributed by atoms with Gasteiger partial charge in [0.1, 0.15) is 0 Å². The summed E-state index contributed by atoms with van der Waals surface area (Å²) in [4.78, 5) is 22.0. The normalized spacial score (nSPS) is 28.5. The van der Waals surface area contributed by atoms with E-state index >= 15 is 0 Å². The first kappa shape index (κ1) is 16.0. The monoisotopic (exact) mass is 329 g/mol. The quantitative estimate of drug-likeness (QED) is 0.846. The molecular formula is C19H27N3O2. The molecule has 3 heterocycles. The maximum absolute atomic E-state index is 13.0. The number of fused-ring (bicyclic) bond motifs is 1. The highest BCUT2D eigenvalue weighted by Crippen LogP contribution is 2.32. The zero-order valence-electron chi connectivity index (χ0n) is 14.5. The van der Waals surface area contributed by atoms with Crippen molar-refractivity contribution in [3.05, 3.63) is 29.6 Å². The third-order valence-corrected chi connectivity index (χ3v) is 5.48. The van der Waals surface area contributed by atoms with Gasteiger partial charge < -0.3 is 14.5 Å². The average molecular weight is 329 g/mol. The summed E-state index contributed by atoms with van der Waals surface area (Å²) in [5.74, 6) is 1.17. The summed E-state index contributed by atoms with van der Waals surface area (Å²) in [6, 6.07) is 6.00. The van der Waals surface area contributed by atoms with Crippen LogP contribution in [0.3, 0.4) is 0 Å². The van der Waals surface area contributed by atoms with Gasteiger partial charge in [-0.3, -0.25) is 9.78 Å². The lowest BCUT2D eigenvalue weighted by Gasteiger charge is -2.37. The van der Waals surface area contributed by atoms with Crippen LogP contribution in [0, 0.1) is 18.8 Å². The molecule has 0 N–H and O–H groups in total. The summed E-state index contributed by atoms with van der Waals surface area (Å²) >= 11 is 0. The van der Waals surface area contributed by atoms with Gasteiger partial charge in [-0.25, -0.2) is 0 Å². The highest BCUT2D eigenvalue weighted by Gasteiger charge is 2.40. The lowest BCUT2D eigenvalue weighted by atomic mass is 9.92. The van der Waals surface area contributed by atoms with Crippen LogP contribution in [0.5, 0.6) is 0 Å². The third kappa shape index (κ3) is 3.62. The van der Waals surface area contributed by atoms with E-state index < -0.39 is 0 Å². The zero-order chi connectivity index (χ0) is 16.5. The number of piperidine rings is 1. The molecule has 130 valence electrons. The van der Waals surface area contributed by atoms with Crippen LogP contribution >= 0.6 is 0 Å². The highest BCUT2D eigenvalue weighted by atomic mass is 16.5. The van der Waals surface area contributed by atoms with Crippen molar-refractivity contribution in [1.82, 2.24) is 14.8 Å². The van der Waals surface area contributed by atoms with Crippen LogP contribution in [-0.2, 0) is 16.1 Å². The molecule has 0 bridgehead atoms. The van der Waals surface area contributed by atoms with E-state index in [4.69, 9.17) is 4.74 Å². The van der Waals surface area contributed by atoms with Gasteiger partial charge in [0.2, 0.25) is 5.91 Å². The van der Waals surface area contributed by atoms with Gasteiger partial charge in [0, 0.05) is 25.3 Å². The molecule has 0 radical (unpaired) electrons. The number of nitrogens with zero attached hydrogens (tertiary/aromatic N) is 3. The summed E-state index contributed by atoms with van der Waals surface area (Å²) in [7, 11) is 0. The molecule has 1 saturated carbocycles. The lowest BCUT2D eigenvalue weighted by molar-refractivity contribution is -0.139. The molecule has 3 aliphatic rings. The summed E-state index contributed by atoms with van der Waals surface area (Å²) in [5.41, 5.74) is 1.96. The van der Waals surface area contributed by atoms with Crippen LogP contribution in [0.15, 0.2) is 18.2 Å². The lowest BCUT2D eigenvalue weighted by Crippen LogP contribution is -2.49. The second kappa shape index (κ2) is 6.81. The Balaban J connectivity index is 1.41. The summed E-state index contributed by atoms with van der Waals surface area (Å²) in [5, 5.41) is 0. The molecule has 2 atom stereocenters. The van der Waals surface area contributed by atoms with E-state index in [1.54, 1.807) is 0 Å². The number of likely N-dealkylation sites (tertiary alicyclic amines) is 1. The average Bonchev–Trinajstić information content (AvgIpc) is 3.38. The van der Waals surface area contributed by atoms with Crippen molar-refractivity contribution in [3.8, 4) is 0 Å². The maximum Gasteiger partial charge on any atom is 0.228 e. The number of hydrogen-bond acceptors (Lipinski definition) is 4. The van der Waals surface area contributed by atoms with E-state index in [0.29, 0.717) is 19.7 Å². The fourth-order valence-corrected chi connectivity index (χ4v) is 3.96. The second-order valence-electron chi connectivity index (χ2n) is 7.54.